The van der Waals surface area contributed by atoms with E-state index >= 15 is 0 Å². The lowest BCUT2D eigenvalue weighted by atomic mass is 10.1. The molecule has 1 heterocycles. The average Bonchev–Trinajstić information content (AvgIpc) is 2.46. The van der Waals surface area contributed by atoms with Gasteiger partial charge in [-0.05, 0) is 23.8 Å². The summed E-state index contributed by atoms with van der Waals surface area (Å²) in [5.41, 5.74) is 6.10. The lowest BCUT2D eigenvalue weighted by Gasteiger charge is -2.03. The molecule has 0 aromatic heterocycles. The van der Waals surface area contributed by atoms with Gasteiger partial charge in [0.1, 0.15) is 5.75 Å². The Bertz CT molecular complexity index is 297. The maximum absolute atomic E-state index is 10.8. The number of benzene rings is 1. The highest BCUT2D eigenvalue weighted by molar-refractivity contribution is 5.80. The van der Waals surface area contributed by atoms with Gasteiger partial charge in [0.05, 0.1) is 0 Å². The van der Waals surface area contributed by atoms with E-state index in [2.05, 4.69) is 6.07 Å². The molecule has 0 aliphatic carbocycles. The van der Waals surface area contributed by atoms with Crippen LogP contribution in [0.2, 0.25) is 0 Å². The van der Waals surface area contributed by atoms with Crippen LogP contribution < -0.4 is 10.5 Å². The van der Waals surface area contributed by atoms with Gasteiger partial charge >= 0.3 is 0 Å². The molecule has 3 nitrogen and oxygen atoms in total. The molecule has 2 rings (SSSR count). The predicted octanol–water partition coefficient (Wildman–Crippen LogP) is 0.276. The van der Waals surface area contributed by atoms with E-state index in [-0.39, 0.29) is 0 Å². The molecule has 0 saturated heterocycles. The second-order valence-electron chi connectivity index (χ2n) is 2.75. The highest BCUT2D eigenvalue weighted by atomic mass is 16.5. The molecular formula is C9H8NO2. The molecule has 1 aromatic rings. The van der Waals surface area contributed by atoms with E-state index in [1.165, 1.54) is 0 Å². The first kappa shape index (κ1) is 7.16. The van der Waals surface area contributed by atoms with Crippen molar-refractivity contribution in [3.05, 3.63) is 29.8 Å². The quantitative estimate of drug-likeness (QED) is 0.644. The van der Waals surface area contributed by atoms with Crippen LogP contribution in [0.5, 0.6) is 5.75 Å². The standard InChI is InChI=1S/C9H8NO2/c10-9(11)8-5-6-3-1-2-4-7(6)12-8/h2-4,8H,5H2,(H2,10,11). The third-order valence-corrected chi connectivity index (χ3v) is 1.90. The fourth-order valence-corrected chi connectivity index (χ4v) is 1.28. The Morgan fingerprint density at radius 3 is 3.25 bits per heavy atom. The summed E-state index contributed by atoms with van der Waals surface area (Å²) in [5, 5.41) is 0. The molecule has 3 heteroatoms. The number of rotatable bonds is 1. The first-order valence-corrected chi connectivity index (χ1v) is 3.72. The van der Waals surface area contributed by atoms with E-state index in [4.69, 9.17) is 10.5 Å². The summed E-state index contributed by atoms with van der Waals surface area (Å²) < 4.78 is 5.27. The Labute approximate surface area is 70.1 Å². The Morgan fingerprint density at radius 1 is 1.75 bits per heavy atom. The van der Waals surface area contributed by atoms with Crippen molar-refractivity contribution in [2.24, 2.45) is 5.73 Å². The number of hydrogen-bond donors (Lipinski definition) is 1. The summed E-state index contributed by atoms with van der Waals surface area (Å²) in [6.45, 7) is 0. The number of amides is 1. The summed E-state index contributed by atoms with van der Waals surface area (Å²) >= 11 is 0. The molecule has 1 radical (unpaired) electrons. The number of carbonyl (C=O) groups is 1. The smallest absolute Gasteiger partial charge is 0.258 e. The van der Waals surface area contributed by atoms with Crippen LogP contribution in [0.25, 0.3) is 0 Å². The molecule has 1 unspecified atom stereocenters. The molecule has 12 heavy (non-hydrogen) atoms. The molecule has 61 valence electrons. The van der Waals surface area contributed by atoms with Crippen molar-refractivity contribution >= 4 is 5.91 Å². The summed E-state index contributed by atoms with van der Waals surface area (Å²) in [4.78, 5) is 10.8. The molecule has 1 amide bonds. The van der Waals surface area contributed by atoms with Crippen LogP contribution in [-0.4, -0.2) is 12.0 Å². The fraction of sp³-hybridized carbons (Fsp3) is 0.222. The van der Waals surface area contributed by atoms with Crippen molar-refractivity contribution in [1.82, 2.24) is 0 Å². The molecule has 2 N–H and O–H groups in total. The Balaban J connectivity index is 2.27. The van der Waals surface area contributed by atoms with Crippen LogP contribution in [0.4, 0.5) is 0 Å². The third-order valence-electron chi connectivity index (χ3n) is 1.90. The van der Waals surface area contributed by atoms with Gasteiger partial charge in [-0.2, -0.15) is 0 Å². The molecule has 0 bridgehead atoms. The number of fused-ring (bicyclic) bond motifs is 1. The highest BCUT2D eigenvalue weighted by Crippen LogP contribution is 2.27. The van der Waals surface area contributed by atoms with Gasteiger partial charge in [0.25, 0.3) is 5.91 Å². The van der Waals surface area contributed by atoms with Crippen LogP contribution in [0.3, 0.4) is 0 Å². The van der Waals surface area contributed by atoms with E-state index in [1.807, 2.05) is 6.07 Å². The maximum atomic E-state index is 10.8. The molecule has 1 aliphatic heterocycles. The molecule has 1 aromatic carbocycles. The van der Waals surface area contributed by atoms with Crippen LogP contribution in [-0.2, 0) is 11.2 Å². The van der Waals surface area contributed by atoms with Crippen molar-refractivity contribution in [3.8, 4) is 5.75 Å². The second kappa shape index (κ2) is 2.52. The summed E-state index contributed by atoms with van der Waals surface area (Å²) in [7, 11) is 0. The van der Waals surface area contributed by atoms with E-state index in [0.717, 1.165) is 11.3 Å². The van der Waals surface area contributed by atoms with Gasteiger partial charge in [-0.15, -0.1) is 0 Å². The molecular weight excluding hydrogens is 154 g/mol. The van der Waals surface area contributed by atoms with Crippen LogP contribution in [0.1, 0.15) is 5.56 Å². The monoisotopic (exact) mass is 162 g/mol. The number of ether oxygens (including phenoxy) is 1. The minimum atomic E-state index is -0.490. The van der Waals surface area contributed by atoms with Gasteiger partial charge in [0.2, 0.25) is 0 Å². The Morgan fingerprint density at radius 2 is 2.58 bits per heavy atom. The minimum Gasteiger partial charge on any atom is -0.480 e. The van der Waals surface area contributed by atoms with Gasteiger partial charge in [0, 0.05) is 6.42 Å². The molecule has 0 fully saturated rings. The van der Waals surface area contributed by atoms with Gasteiger partial charge in [-0.3, -0.25) is 4.79 Å². The third kappa shape index (κ3) is 1.03. The summed E-state index contributed by atoms with van der Waals surface area (Å²) in [5.74, 6) is 0.337. The van der Waals surface area contributed by atoms with E-state index in [0.29, 0.717) is 6.42 Å². The highest BCUT2D eigenvalue weighted by Gasteiger charge is 2.26. The van der Waals surface area contributed by atoms with Crippen molar-refractivity contribution < 1.29 is 9.53 Å². The molecule has 0 spiro atoms. The molecule has 1 atom stereocenters. The van der Waals surface area contributed by atoms with Crippen LogP contribution in [0, 0.1) is 6.07 Å². The first-order valence-electron chi connectivity index (χ1n) is 3.72. The molecule has 0 saturated carbocycles. The SMILES string of the molecule is NC(=O)C1Cc2c[c]ccc2O1. The fourth-order valence-electron chi connectivity index (χ4n) is 1.28. The maximum Gasteiger partial charge on any atom is 0.258 e. The first-order chi connectivity index (χ1) is 5.77. The Hall–Kier alpha value is -1.51. The summed E-state index contributed by atoms with van der Waals surface area (Å²) in [6.07, 6.45) is 0.0814. The van der Waals surface area contributed by atoms with Gasteiger partial charge in [-0.1, -0.05) is 6.07 Å². The summed E-state index contributed by atoms with van der Waals surface area (Å²) in [6, 6.07) is 8.28. The van der Waals surface area contributed by atoms with Crippen LogP contribution in [0.15, 0.2) is 18.2 Å². The average molecular weight is 162 g/mol. The van der Waals surface area contributed by atoms with Gasteiger partial charge in [0.15, 0.2) is 6.10 Å². The zero-order valence-electron chi connectivity index (χ0n) is 6.41. The normalized spacial score (nSPS) is 19.8. The van der Waals surface area contributed by atoms with Crippen molar-refractivity contribution in [3.63, 3.8) is 0 Å². The lowest BCUT2D eigenvalue weighted by molar-refractivity contribution is -0.123. The largest absolute Gasteiger partial charge is 0.480 e. The van der Waals surface area contributed by atoms with Crippen molar-refractivity contribution in [2.45, 2.75) is 12.5 Å². The number of nitrogens with two attached hydrogens (primary N) is 1. The zero-order valence-corrected chi connectivity index (χ0v) is 6.41. The minimum absolute atomic E-state index is 0.411. The van der Waals surface area contributed by atoms with E-state index in [1.54, 1.807) is 12.1 Å². The van der Waals surface area contributed by atoms with Gasteiger partial charge < -0.3 is 10.5 Å². The predicted molar refractivity (Wildman–Crippen MR) is 42.6 cm³/mol. The van der Waals surface area contributed by atoms with Gasteiger partial charge in [-0.25, -0.2) is 0 Å². The second-order valence-corrected chi connectivity index (χ2v) is 2.75. The number of carbonyl (C=O) groups excluding carboxylic acids is 1. The van der Waals surface area contributed by atoms with E-state index < -0.39 is 12.0 Å². The zero-order chi connectivity index (χ0) is 8.55. The number of hydrogen-bond acceptors (Lipinski definition) is 2. The topological polar surface area (TPSA) is 52.3 Å². The van der Waals surface area contributed by atoms with Crippen molar-refractivity contribution in [2.75, 3.05) is 0 Å². The van der Waals surface area contributed by atoms with Crippen LogP contribution >= 0.6 is 0 Å². The van der Waals surface area contributed by atoms with Crippen molar-refractivity contribution in [1.29, 1.82) is 0 Å². The van der Waals surface area contributed by atoms with E-state index in [9.17, 15) is 4.79 Å². The Kier molecular flexibility index (Phi) is 1.50. The molecule has 1 aliphatic rings. The number of primary amides is 1. The lowest BCUT2D eigenvalue weighted by Crippen LogP contribution is -2.31.